The van der Waals surface area contributed by atoms with E-state index in [1.807, 2.05) is 25.1 Å². The van der Waals surface area contributed by atoms with Gasteiger partial charge in [-0.3, -0.25) is 0 Å². The Kier molecular flexibility index (Phi) is 4.18. The Hall–Kier alpha value is -1.30. The molecule has 1 rings (SSSR count). The normalized spacial score (nSPS) is 9.36. The lowest BCUT2D eigenvalue weighted by Gasteiger charge is -2.01. The van der Waals surface area contributed by atoms with Crippen LogP contribution in [0.2, 0.25) is 0 Å². The highest BCUT2D eigenvalue weighted by atomic mass is 16.3. The van der Waals surface area contributed by atoms with Crippen LogP contribution >= 0.6 is 0 Å². The van der Waals surface area contributed by atoms with Gasteiger partial charge in [0.15, 0.2) is 0 Å². The molecule has 0 aromatic heterocycles. The summed E-state index contributed by atoms with van der Waals surface area (Å²) < 4.78 is 0. The van der Waals surface area contributed by atoms with Gasteiger partial charge in [-0.15, -0.1) is 0 Å². The highest BCUT2D eigenvalue weighted by Crippen LogP contribution is 2.10. The second-order valence-electron chi connectivity index (χ2n) is 3.14. The lowest BCUT2D eigenvalue weighted by molar-refractivity contribution is 0.281. The summed E-state index contributed by atoms with van der Waals surface area (Å²) in [6.45, 7) is 2.66. The molecule has 2 heteroatoms. The standard InChI is InChI=1S/C12H15NO/c1-10-8-11(4-2-3-7-13)5-6-12(10)9-14/h5-6,8,14H,3,7,9,13H2,1H3. The largest absolute Gasteiger partial charge is 0.392 e. The van der Waals surface area contributed by atoms with E-state index in [0.29, 0.717) is 6.54 Å². The monoisotopic (exact) mass is 189 g/mol. The van der Waals surface area contributed by atoms with Crippen LogP contribution in [0.1, 0.15) is 23.1 Å². The van der Waals surface area contributed by atoms with E-state index < -0.39 is 0 Å². The van der Waals surface area contributed by atoms with Crippen molar-refractivity contribution >= 4 is 0 Å². The fourth-order valence-corrected chi connectivity index (χ4v) is 1.19. The molecule has 1 aromatic carbocycles. The van der Waals surface area contributed by atoms with E-state index in [2.05, 4.69) is 11.8 Å². The fourth-order valence-electron chi connectivity index (χ4n) is 1.19. The Morgan fingerprint density at radius 1 is 1.43 bits per heavy atom. The molecule has 0 atom stereocenters. The predicted molar refractivity (Wildman–Crippen MR) is 57.7 cm³/mol. The summed E-state index contributed by atoms with van der Waals surface area (Å²) in [6.07, 6.45) is 0.723. The van der Waals surface area contributed by atoms with Crippen molar-refractivity contribution in [2.45, 2.75) is 20.0 Å². The molecule has 0 saturated heterocycles. The van der Waals surface area contributed by atoms with Crippen LogP contribution < -0.4 is 5.73 Å². The van der Waals surface area contributed by atoms with E-state index in [0.717, 1.165) is 23.1 Å². The summed E-state index contributed by atoms with van der Waals surface area (Å²) in [5, 5.41) is 8.97. The van der Waals surface area contributed by atoms with Gasteiger partial charge in [-0.25, -0.2) is 0 Å². The van der Waals surface area contributed by atoms with Crippen molar-refractivity contribution in [2.24, 2.45) is 5.73 Å². The van der Waals surface area contributed by atoms with Gasteiger partial charge in [-0.05, 0) is 30.2 Å². The van der Waals surface area contributed by atoms with Crippen molar-refractivity contribution in [1.29, 1.82) is 0 Å². The van der Waals surface area contributed by atoms with Gasteiger partial charge in [-0.2, -0.15) is 0 Å². The van der Waals surface area contributed by atoms with Crippen LogP contribution in [0.25, 0.3) is 0 Å². The maximum absolute atomic E-state index is 8.97. The molecule has 0 aliphatic rings. The minimum absolute atomic E-state index is 0.0857. The Labute approximate surface area is 84.8 Å². The molecule has 74 valence electrons. The Bertz CT molecular complexity index is 360. The average Bonchev–Trinajstić information content (AvgIpc) is 2.18. The average molecular weight is 189 g/mol. The van der Waals surface area contributed by atoms with Gasteiger partial charge in [0, 0.05) is 18.5 Å². The van der Waals surface area contributed by atoms with Crippen LogP contribution in [0, 0.1) is 18.8 Å². The number of nitrogens with two attached hydrogens (primary N) is 1. The third-order valence-electron chi connectivity index (χ3n) is 2.02. The molecule has 0 aliphatic carbocycles. The fraction of sp³-hybridized carbons (Fsp3) is 0.333. The molecular weight excluding hydrogens is 174 g/mol. The molecule has 0 aliphatic heterocycles. The first kappa shape index (κ1) is 10.8. The van der Waals surface area contributed by atoms with Crippen molar-refractivity contribution in [3.63, 3.8) is 0 Å². The molecule has 3 N–H and O–H groups in total. The number of aliphatic hydroxyl groups excluding tert-OH is 1. The predicted octanol–water partition coefficient (Wildman–Crippen LogP) is 1.19. The number of aliphatic hydroxyl groups is 1. The summed E-state index contributed by atoms with van der Waals surface area (Å²) in [6, 6.07) is 5.80. The lowest BCUT2D eigenvalue weighted by atomic mass is 10.1. The first-order valence-corrected chi connectivity index (χ1v) is 4.67. The van der Waals surface area contributed by atoms with E-state index in [9.17, 15) is 0 Å². The van der Waals surface area contributed by atoms with E-state index in [1.54, 1.807) is 0 Å². The highest BCUT2D eigenvalue weighted by Gasteiger charge is 1.96. The van der Waals surface area contributed by atoms with Gasteiger partial charge in [0.2, 0.25) is 0 Å². The minimum Gasteiger partial charge on any atom is -0.392 e. The first-order valence-electron chi connectivity index (χ1n) is 4.67. The number of aryl methyl sites for hydroxylation is 1. The quantitative estimate of drug-likeness (QED) is 0.686. The van der Waals surface area contributed by atoms with Crippen molar-refractivity contribution in [3.8, 4) is 11.8 Å². The van der Waals surface area contributed by atoms with Crippen LogP contribution in [0.3, 0.4) is 0 Å². The molecule has 0 spiro atoms. The third-order valence-corrected chi connectivity index (χ3v) is 2.02. The lowest BCUT2D eigenvalue weighted by Crippen LogP contribution is -1.95. The number of benzene rings is 1. The molecule has 2 nitrogen and oxygen atoms in total. The van der Waals surface area contributed by atoms with E-state index in [1.165, 1.54) is 0 Å². The van der Waals surface area contributed by atoms with Crippen LogP contribution in [-0.2, 0) is 6.61 Å². The molecular formula is C12H15NO. The topological polar surface area (TPSA) is 46.2 Å². The molecule has 1 aromatic rings. The minimum atomic E-state index is 0.0857. The zero-order valence-electron chi connectivity index (χ0n) is 8.38. The number of rotatable bonds is 2. The first-order chi connectivity index (χ1) is 6.77. The Morgan fingerprint density at radius 2 is 2.21 bits per heavy atom. The van der Waals surface area contributed by atoms with Crippen molar-refractivity contribution < 1.29 is 5.11 Å². The molecule has 0 fully saturated rings. The molecule has 0 saturated carbocycles. The van der Waals surface area contributed by atoms with Crippen molar-refractivity contribution in [2.75, 3.05) is 6.54 Å². The molecule has 0 unspecified atom stereocenters. The summed E-state index contributed by atoms with van der Waals surface area (Å²) in [5.74, 6) is 6.00. The maximum Gasteiger partial charge on any atom is 0.0684 e. The van der Waals surface area contributed by atoms with Crippen LogP contribution in [0.4, 0.5) is 0 Å². The van der Waals surface area contributed by atoms with Gasteiger partial charge < -0.3 is 10.8 Å². The molecule has 0 bridgehead atoms. The van der Waals surface area contributed by atoms with Crippen molar-refractivity contribution in [1.82, 2.24) is 0 Å². The van der Waals surface area contributed by atoms with Gasteiger partial charge in [-0.1, -0.05) is 17.9 Å². The summed E-state index contributed by atoms with van der Waals surface area (Å²) >= 11 is 0. The van der Waals surface area contributed by atoms with Gasteiger partial charge >= 0.3 is 0 Å². The summed E-state index contributed by atoms with van der Waals surface area (Å²) in [7, 11) is 0. The van der Waals surface area contributed by atoms with Gasteiger partial charge in [0.1, 0.15) is 0 Å². The molecule has 0 heterocycles. The van der Waals surface area contributed by atoms with Crippen LogP contribution in [0.15, 0.2) is 18.2 Å². The number of hydrogen-bond acceptors (Lipinski definition) is 2. The van der Waals surface area contributed by atoms with E-state index >= 15 is 0 Å². The zero-order valence-corrected chi connectivity index (χ0v) is 8.38. The second kappa shape index (κ2) is 5.43. The van der Waals surface area contributed by atoms with E-state index in [-0.39, 0.29) is 6.61 Å². The second-order valence-corrected chi connectivity index (χ2v) is 3.14. The summed E-state index contributed by atoms with van der Waals surface area (Å²) in [5.41, 5.74) is 8.34. The number of hydrogen-bond donors (Lipinski definition) is 2. The van der Waals surface area contributed by atoms with Crippen LogP contribution in [-0.4, -0.2) is 11.7 Å². The molecule has 0 radical (unpaired) electrons. The maximum atomic E-state index is 8.97. The third kappa shape index (κ3) is 2.88. The highest BCUT2D eigenvalue weighted by molar-refractivity contribution is 5.40. The Morgan fingerprint density at radius 3 is 2.79 bits per heavy atom. The zero-order chi connectivity index (χ0) is 10.4. The summed E-state index contributed by atoms with van der Waals surface area (Å²) in [4.78, 5) is 0. The molecule has 14 heavy (non-hydrogen) atoms. The smallest absolute Gasteiger partial charge is 0.0684 e. The SMILES string of the molecule is Cc1cc(C#CCCN)ccc1CO. The molecule has 0 amide bonds. The van der Waals surface area contributed by atoms with Crippen molar-refractivity contribution in [3.05, 3.63) is 34.9 Å². The van der Waals surface area contributed by atoms with E-state index in [4.69, 9.17) is 10.8 Å². The van der Waals surface area contributed by atoms with Crippen LogP contribution in [0.5, 0.6) is 0 Å². The van der Waals surface area contributed by atoms with Gasteiger partial charge in [0.05, 0.1) is 6.61 Å². The van der Waals surface area contributed by atoms with Gasteiger partial charge in [0.25, 0.3) is 0 Å². The Balaban J connectivity index is 2.82.